The lowest BCUT2D eigenvalue weighted by molar-refractivity contribution is 0.318. The van der Waals surface area contributed by atoms with Gasteiger partial charge in [-0.1, -0.05) is 28.1 Å². The fraction of sp³-hybridized carbons (Fsp3) is 0.250. The summed E-state index contributed by atoms with van der Waals surface area (Å²) in [6.45, 7) is 1.72. The molecule has 2 aromatic carbocycles. The molecular weight excluding hydrogens is 316 g/mol. The van der Waals surface area contributed by atoms with E-state index in [1.807, 2.05) is 18.2 Å². The van der Waals surface area contributed by atoms with Crippen LogP contribution >= 0.6 is 15.9 Å². The number of benzene rings is 2. The van der Waals surface area contributed by atoms with Crippen LogP contribution in [0, 0.1) is 0 Å². The molecule has 0 amide bonds. The Morgan fingerprint density at radius 3 is 2.35 bits per heavy atom. The van der Waals surface area contributed by atoms with Gasteiger partial charge in [0.2, 0.25) is 0 Å². The third-order valence-electron chi connectivity index (χ3n) is 3.04. The number of anilines is 1. The lowest BCUT2D eigenvalue weighted by atomic mass is 10.1. The van der Waals surface area contributed by atoms with E-state index in [4.69, 9.17) is 10.5 Å². The number of halogens is 1. The first-order valence-electron chi connectivity index (χ1n) is 6.43. The van der Waals surface area contributed by atoms with E-state index in [1.165, 1.54) is 5.56 Å². The van der Waals surface area contributed by atoms with Crippen molar-refractivity contribution in [1.29, 1.82) is 0 Å². The van der Waals surface area contributed by atoms with Gasteiger partial charge in [-0.3, -0.25) is 4.90 Å². The van der Waals surface area contributed by atoms with Crippen molar-refractivity contribution in [1.82, 2.24) is 4.90 Å². The summed E-state index contributed by atoms with van der Waals surface area (Å²) in [7, 11) is 3.75. The minimum absolute atomic E-state index is 0.733. The zero-order valence-electron chi connectivity index (χ0n) is 11.8. The van der Waals surface area contributed by atoms with Gasteiger partial charge in [-0.25, -0.2) is 0 Å². The molecule has 0 aliphatic heterocycles. The van der Waals surface area contributed by atoms with E-state index in [-0.39, 0.29) is 0 Å². The van der Waals surface area contributed by atoms with E-state index in [0.29, 0.717) is 0 Å². The van der Waals surface area contributed by atoms with Gasteiger partial charge in [-0.2, -0.15) is 0 Å². The highest BCUT2D eigenvalue weighted by Gasteiger charge is 2.04. The van der Waals surface area contributed by atoms with Crippen molar-refractivity contribution in [2.75, 3.05) is 19.9 Å². The summed E-state index contributed by atoms with van der Waals surface area (Å²) in [5.74, 6) is 0.803. The first-order valence-corrected chi connectivity index (χ1v) is 7.22. The Labute approximate surface area is 128 Å². The normalized spacial score (nSPS) is 10.8. The number of nitrogens with two attached hydrogens (primary N) is 1. The number of hydrogen-bond acceptors (Lipinski definition) is 3. The standard InChI is InChI=1S/C16H19BrN2O/c1-19(10-12-3-5-14(17)6-4-12)11-13-7-15(18)9-16(8-13)20-2/h3-9H,10-11,18H2,1-2H3. The van der Waals surface area contributed by atoms with Gasteiger partial charge in [0.25, 0.3) is 0 Å². The molecular formula is C16H19BrN2O. The molecule has 0 aliphatic rings. The van der Waals surface area contributed by atoms with Crippen LogP contribution < -0.4 is 10.5 Å². The summed E-state index contributed by atoms with van der Waals surface area (Å²) in [6.07, 6.45) is 0. The molecule has 3 nitrogen and oxygen atoms in total. The molecule has 2 aromatic rings. The lowest BCUT2D eigenvalue weighted by Crippen LogP contribution is -2.17. The van der Waals surface area contributed by atoms with Crippen molar-refractivity contribution < 1.29 is 4.74 Å². The highest BCUT2D eigenvalue weighted by molar-refractivity contribution is 9.10. The number of nitrogens with zero attached hydrogens (tertiary/aromatic N) is 1. The van der Waals surface area contributed by atoms with E-state index in [1.54, 1.807) is 7.11 Å². The summed E-state index contributed by atoms with van der Waals surface area (Å²) in [4.78, 5) is 2.25. The molecule has 0 aromatic heterocycles. The highest BCUT2D eigenvalue weighted by atomic mass is 79.9. The van der Waals surface area contributed by atoms with Gasteiger partial charge < -0.3 is 10.5 Å². The molecule has 106 valence electrons. The second-order valence-electron chi connectivity index (χ2n) is 4.91. The molecule has 2 rings (SSSR count). The fourth-order valence-electron chi connectivity index (χ4n) is 2.16. The third kappa shape index (κ3) is 4.25. The molecule has 0 unspecified atom stereocenters. The van der Waals surface area contributed by atoms with Gasteiger partial charge in [0, 0.05) is 29.3 Å². The summed E-state index contributed by atoms with van der Waals surface area (Å²) in [6, 6.07) is 14.2. The van der Waals surface area contributed by atoms with E-state index < -0.39 is 0 Å². The maximum Gasteiger partial charge on any atom is 0.121 e. The molecule has 0 bridgehead atoms. The van der Waals surface area contributed by atoms with Crippen molar-refractivity contribution in [2.24, 2.45) is 0 Å². The molecule has 0 radical (unpaired) electrons. The predicted molar refractivity (Wildman–Crippen MR) is 86.7 cm³/mol. The van der Waals surface area contributed by atoms with Crippen LogP contribution in [0.2, 0.25) is 0 Å². The Morgan fingerprint density at radius 2 is 1.70 bits per heavy atom. The summed E-state index contributed by atoms with van der Waals surface area (Å²) >= 11 is 3.45. The lowest BCUT2D eigenvalue weighted by Gasteiger charge is -2.17. The second-order valence-corrected chi connectivity index (χ2v) is 5.83. The molecule has 20 heavy (non-hydrogen) atoms. The summed E-state index contributed by atoms with van der Waals surface area (Å²) in [5.41, 5.74) is 9.05. The van der Waals surface area contributed by atoms with Crippen molar-refractivity contribution in [3.8, 4) is 5.75 Å². The number of hydrogen-bond donors (Lipinski definition) is 1. The molecule has 0 aliphatic carbocycles. The van der Waals surface area contributed by atoms with Gasteiger partial charge in [-0.05, 0) is 42.4 Å². The van der Waals surface area contributed by atoms with E-state index in [0.717, 1.165) is 34.6 Å². The van der Waals surface area contributed by atoms with Crippen LogP contribution in [0.5, 0.6) is 5.75 Å². The average molecular weight is 335 g/mol. The first kappa shape index (κ1) is 14.9. The van der Waals surface area contributed by atoms with E-state index >= 15 is 0 Å². The van der Waals surface area contributed by atoms with Gasteiger partial charge in [-0.15, -0.1) is 0 Å². The molecule has 0 saturated heterocycles. The van der Waals surface area contributed by atoms with Crippen LogP contribution in [0.15, 0.2) is 46.9 Å². The predicted octanol–water partition coefficient (Wildman–Crippen LogP) is 3.67. The summed E-state index contributed by atoms with van der Waals surface area (Å²) in [5, 5.41) is 0. The Hall–Kier alpha value is -1.52. The van der Waals surface area contributed by atoms with E-state index in [2.05, 4.69) is 52.1 Å². The van der Waals surface area contributed by atoms with Crippen LogP contribution in [0.3, 0.4) is 0 Å². The zero-order chi connectivity index (χ0) is 14.5. The van der Waals surface area contributed by atoms with Gasteiger partial charge in [0.05, 0.1) is 7.11 Å². The third-order valence-corrected chi connectivity index (χ3v) is 3.57. The topological polar surface area (TPSA) is 38.5 Å². The van der Waals surface area contributed by atoms with Crippen LogP contribution in [0.1, 0.15) is 11.1 Å². The minimum atomic E-state index is 0.733. The van der Waals surface area contributed by atoms with Crippen molar-refractivity contribution in [3.05, 3.63) is 58.1 Å². The number of methoxy groups -OCH3 is 1. The average Bonchev–Trinajstić information content (AvgIpc) is 2.40. The Balaban J connectivity index is 2.02. The Kier molecular flexibility index (Phi) is 5.04. The summed E-state index contributed by atoms with van der Waals surface area (Å²) < 4.78 is 6.35. The monoisotopic (exact) mass is 334 g/mol. The number of nitrogen functional groups attached to an aromatic ring is 1. The molecule has 4 heteroatoms. The fourth-order valence-corrected chi connectivity index (χ4v) is 2.43. The first-order chi connectivity index (χ1) is 9.56. The minimum Gasteiger partial charge on any atom is -0.497 e. The smallest absolute Gasteiger partial charge is 0.121 e. The molecule has 0 saturated carbocycles. The van der Waals surface area contributed by atoms with Crippen LogP contribution in [-0.4, -0.2) is 19.1 Å². The molecule has 0 spiro atoms. The van der Waals surface area contributed by atoms with Crippen molar-refractivity contribution in [2.45, 2.75) is 13.1 Å². The Morgan fingerprint density at radius 1 is 1.05 bits per heavy atom. The van der Waals surface area contributed by atoms with Gasteiger partial charge >= 0.3 is 0 Å². The van der Waals surface area contributed by atoms with Crippen molar-refractivity contribution >= 4 is 21.6 Å². The highest BCUT2D eigenvalue weighted by Crippen LogP contribution is 2.20. The second kappa shape index (κ2) is 6.77. The quantitative estimate of drug-likeness (QED) is 0.848. The number of rotatable bonds is 5. The molecule has 0 atom stereocenters. The van der Waals surface area contributed by atoms with Crippen LogP contribution in [-0.2, 0) is 13.1 Å². The van der Waals surface area contributed by atoms with Gasteiger partial charge in [0.1, 0.15) is 5.75 Å². The zero-order valence-corrected chi connectivity index (χ0v) is 13.4. The number of ether oxygens (including phenoxy) is 1. The molecule has 0 heterocycles. The van der Waals surface area contributed by atoms with Gasteiger partial charge in [0.15, 0.2) is 0 Å². The SMILES string of the molecule is COc1cc(N)cc(CN(C)Cc2ccc(Br)cc2)c1. The maximum absolute atomic E-state index is 5.88. The van der Waals surface area contributed by atoms with Crippen LogP contribution in [0.25, 0.3) is 0 Å². The Bertz CT molecular complexity index is 569. The maximum atomic E-state index is 5.88. The largest absolute Gasteiger partial charge is 0.497 e. The van der Waals surface area contributed by atoms with Crippen molar-refractivity contribution in [3.63, 3.8) is 0 Å². The van der Waals surface area contributed by atoms with Crippen LogP contribution in [0.4, 0.5) is 5.69 Å². The molecule has 0 fully saturated rings. The molecule has 2 N–H and O–H groups in total. The van der Waals surface area contributed by atoms with E-state index in [9.17, 15) is 0 Å².